The van der Waals surface area contributed by atoms with Gasteiger partial charge in [-0.2, -0.15) is 0 Å². The number of rotatable bonds is 6. The van der Waals surface area contributed by atoms with Gasteiger partial charge in [0.1, 0.15) is 0 Å². The van der Waals surface area contributed by atoms with E-state index in [0.29, 0.717) is 31.2 Å². The smallest absolute Gasteiger partial charge is 0.437 e. The Morgan fingerprint density at radius 2 is 1.97 bits per heavy atom. The summed E-state index contributed by atoms with van der Waals surface area (Å²) in [5, 5.41) is 3.65. The summed E-state index contributed by atoms with van der Waals surface area (Å²) < 4.78 is 23.4. The molecule has 164 valence electrons. The number of ether oxygens (including phenoxy) is 4. The summed E-state index contributed by atoms with van der Waals surface area (Å²) in [4.78, 5) is 16.7. The van der Waals surface area contributed by atoms with Crippen LogP contribution in [-0.2, 0) is 14.2 Å². The number of nitrogens with one attached hydrogen (secondary N) is 1. The van der Waals surface area contributed by atoms with Crippen LogP contribution in [0.1, 0.15) is 41.1 Å². The van der Waals surface area contributed by atoms with E-state index in [-0.39, 0.29) is 12.1 Å². The molecular formula is C23H27N3O5. The van der Waals surface area contributed by atoms with Crippen LogP contribution in [0.3, 0.4) is 0 Å². The van der Waals surface area contributed by atoms with Gasteiger partial charge >= 0.3 is 6.16 Å². The number of pyridine rings is 1. The molecule has 0 unspecified atom stereocenters. The molecule has 0 bridgehead atoms. The lowest BCUT2D eigenvalue weighted by atomic mass is 9.91. The van der Waals surface area contributed by atoms with Crippen LogP contribution in [0.15, 0.2) is 36.4 Å². The number of aryl methyl sites for hydroxylation is 2. The molecule has 8 nitrogen and oxygen atoms in total. The Bertz CT molecular complexity index is 1080. The van der Waals surface area contributed by atoms with Crippen LogP contribution in [0.25, 0.3) is 5.65 Å². The standard InChI is InChI=1S/C23H27N3O5/c1-14-15(2)26-20(31-23(27)29-4)12-17-19(30-11-10-28-3)13-18(16-8-6-5-7-9-16)25-21(17)22(26)24-14/h5-9,12,18-19,25H,10-11,13H2,1-4H3/t18-,19-/m1/s1. The second-order valence-corrected chi connectivity index (χ2v) is 7.51. The molecule has 0 amide bonds. The first-order valence-electron chi connectivity index (χ1n) is 10.2. The molecule has 31 heavy (non-hydrogen) atoms. The Labute approximate surface area is 181 Å². The molecule has 1 N–H and O–H groups in total. The summed E-state index contributed by atoms with van der Waals surface area (Å²) in [7, 11) is 2.93. The number of hydrogen-bond acceptors (Lipinski definition) is 7. The van der Waals surface area contributed by atoms with E-state index >= 15 is 0 Å². The molecule has 8 heteroatoms. The zero-order chi connectivity index (χ0) is 22.0. The number of imidazole rings is 1. The van der Waals surface area contributed by atoms with Gasteiger partial charge in [-0.15, -0.1) is 0 Å². The fourth-order valence-corrected chi connectivity index (χ4v) is 3.96. The number of anilines is 1. The molecule has 3 aromatic rings. The van der Waals surface area contributed by atoms with E-state index in [0.717, 1.165) is 22.6 Å². The van der Waals surface area contributed by atoms with E-state index in [1.54, 1.807) is 7.11 Å². The van der Waals surface area contributed by atoms with Crippen molar-refractivity contribution in [2.75, 3.05) is 32.8 Å². The minimum Gasteiger partial charge on any atom is -0.437 e. The minimum atomic E-state index is -0.783. The summed E-state index contributed by atoms with van der Waals surface area (Å²) in [6.45, 7) is 4.81. The maximum atomic E-state index is 11.9. The Hall–Kier alpha value is -3.10. The van der Waals surface area contributed by atoms with Crippen LogP contribution in [0, 0.1) is 13.8 Å². The van der Waals surface area contributed by atoms with Crippen molar-refractivity contribution >= 4 is 17.5 Å². The number of benzene rings is 1. The van der Waals surface area contributed by atoms with Gasteiger partial charge in [0, 0.05) is 30.9 Å². The highest BCUT2D eigenvalue weighted by molar-refractivity contribution is 5.77. The molecule has 0 spiro atoms. The molecule has 2 aromatic heterocycles. The zero-order valence-electron chi connectivity index (χ0n) is 18.2. The van der Waals surface area contributed by atoms with Gasteiger partial charge in [0.15, 0.2) is 5.65 Å². The Morgan fingerprint density at radius 1 is 1.19 bits per heavy atom. The van der Waals surface area contributed by atoms with Crippen molar-refractivity contribution in [2.45, 2.75) is 32.4 Å². The largest absolute Gasteiger partial charge is 0.514 e. The molecule has 1 aromatic carbocycles. The molecule has 0 fully saturated rings. The fourth-order valence-electron chi connectivity index (χ4n) is 3.96. The number of carbonyl (C=O) groups is 1. The summed E-state index contributed by atoms with van der Waals surface area (Å²) in [6, 6.07) is 12.1. The normalized spacial score (nSPS) is 17.8. The fraction of sp³-hybridized carbons (Fsp3) is 0.391. The minimum absolute atomic E-state index is 0.0507. The van der Waals surface area contributed by atoms with Gasteiger partial charge in [-0.1, -0.05) is 30.3 Å². The number of methoxy groups -OCH3 is 2. The van der Waals surface area contributed by atoms with E-state index < -0.39 is 6.16 Å². The van der Waals surface area contributed by atoms with Gasteiger partial charge in [0.05, 0.1) is 43.9 Å². The molecule has 2 atom stereocenters. The van der Waals surface area contributed by atoms with Crippen LogP contribution in [0.5, 0.6) is 5.88 Å². The predicted octanol–water partition coefficient (Wildman–Crippen LogP) is 4.36. The third kappa shape index (κ3) is 4.08. The van der Waals surface area contributed by atoms with Crippen LogP contribution in [0.4, 0.5) is 10.5 Å². The quantitative estimate of drug-likeness (QED) is 0.464. The lowest BCUT2D eigenvalue weighted by Crippen LogP contribution is -2.25. The maximum Gasteiger partial charge on any atom is 0.514 e. The van der Waals surface area contributed by atoms with Gasteiger partial charge in [-0.25, -0.2) is 9.78 Å². The first-order valence-corrected chi connectivity index (χ1v) is 10.2. The van der Waals surface area contributed by atoms with Crippen molar-refractivity contribution in [3.63, 3.8) is 0 Å². The van der Waals surface area contributed by atoms with Crippen LogP contribution >= 0.6 is 0 Å². The van der Waals surface area contributed by atoms with Crippen molar-refractivity contribution in [1.29, 1.82) is 0 Å². The monoisotopic (exact) mass is 425 g/mol. The average Bonchev–Trinajstić information content (AvgIpc) is 3.09. The summed E-state index contributed by atoms with van der Waals surface area (Å²) in [5.74, 6) is 0.346. The zero-order valence-corrected chi connectivity index (χ0v) is 18.2. The van der Waals surface area contributed by atoms with Crippen molar-refractivity contribution in [3.8, 4) is 5.88 Å². The molecule has 4 rings (SSSR count). The number of carbonyl (C=O) groups excluding carboxylic acids is 1. The van der Waals surface area contributed by atoms with Gasteiger partial charge in [0.25, 0.3) is 0 Å². The first-order chi connectivity index (χ1) is 15.0. The molecule has 1 aliphatic rings. The van der Waals surface area contributed by atoms with E-state index in [2.05, 4.69) is 17.4 Å². The van der Waals surface area contributed by atoms with Crippen molar-refractivity contribution in [2.24, 2.45) is 0 Å². The Kier molecular flexibility index (Phi) is 6.11. The molecule has 0 radical (unpaired) electrons. The molecular weight excluding hydrogens is 398 g/mol. The van der Waals surface area contributed by atoms with Crippen LogP contribution in [-0.4, -0.2) is 43.0 Å². The highest BCUT2D eigenvalue weighted by Gasteiger charge is 2.32. The molecule has 0 saturated heterocycles. The molecule has 1 aliphatic heterocycles. The van der Waals surface area contributed by atoms with Crippen LogP contribution in [0.2, 0.25) is 0 Å². The third-order valence-electron chi connectivity index (χ3n) is 5.63. The Morgan fingerprint density at radius 3 is 2.68 bits per heavy atom. The van der Waals surface area contributed by atoms with Gasteiger partial charge in [0.2, 0.25) is 5.88 Å². The first kappa shape index (κ1) is 21.1. The number of nitrogens with zero attached hydrogens (tertiary/aromatic N) is 2. The van der Waals surface area contributed by atoms with Crippen molar-refractivity contribution in [1.82, 2.24) is 9.38 Å². The van der Waals surface area contributed by atoms with Crippen LogP contribution < -0.4 is 10.1 Å². The SMILES string of the molecule is COCCO[C@@H]1C[C@H](c2ccccc2)Nc2c1cc(OC(=O)OC)n1c(C)c(C)nc21. The van der Waals surface area contributed by atoms with E-state index in [4.69, 9.17) is 23.9 Å². The summed E-state index contributed by atoms with van der Waals surface area (Å²) >= 11 is 0. The van der Waals surface area contributed by atoms with Gasteiger partial charge < -0.3 is 24.3 Å². The maximum absolute atomic E-state index is 11.9. The summed E-state index contributed by atoms with van der Waals surface area (Å²) in [6.07, 6.45) is -0.290. The number of aromatic nitrogens is 2. The third-order valence-corrected chi connectivity index (χ3v) is 5.63. The topological polar surface area (TPSA) is 83.3 Å². The second-order valence-electron chi connectivity index (χ2n) is 7.51. The van der Waals surface area contributed by atoms with E-state index in [9.17, 15) is 4.79 Å². The highest BCUT2D eigenvalue weighted by Crippen LogP contribution is 2.44. The van der Waals surface area contributed by atoms with Gasteiger partial charge in [-0.3, -0.25) is 4.40 Å². The van der Waals surface area contributed by atoms with Crippen molar-refractivity contribution in [3.05, 3.63) is 58.9 Å². The van der Waals surface area contributed by atoms with E-state index in [1.807, 2.05) is 42.5 Å². The highest BCUT2D eigenvalue weighted by atomic mass is 16.7. The Balaban J connectivity index is 1.85. The predicted molar refractivity (Wildman–Crippen MR) is 116 cm³/mol. The van der Waals surface area contributed by atoms with Crippen molar-refractivity contribution < 1.29 is 23.7 Å². The van der Waals surface area contributed by atoms with Gasteiger partial charge in [-0.05, 0) is 19.4 Å². The lowest BCUT2D eigenvalue weighted by molar-refractivity contribution is 0.00782. The van der Waals surface area contributed by atoms with E-state index in [1.165, 1.54) is 12.7 Å². The average molecular weight is 425 g/mol. The second kappa shape index (κ2) is 8.95. The number of hydrogen-bond donors (Lipinski definition) is 1. The molecule has 3 heterocycles. The number of fused-ring (bicyclic) bond motifs is 3. The summed E-state index contributed by atoms with van der Waals surface area (Å²) in [5.41, 5.74) is 5.35. The molecule has 0 aliphatic carbocycles. The lowest BCUT2D eigenvalue weighted by Gasteiger charge is -2.34. The molecule has 0 saturated carbocycles.